The minimum atomic E-state index is -0.323. The van der Waals surface area contributed by atoms with Gasteiger partial charge in [-0.2, -0.15) is 0 Å². The molecule has 0 fully saturated rings. The summed E-state index contributed by atoms with van der Waals surface area (Å²) in [5, 5.41) is 0. The molecule has 0 saturated carbocycles. The Morgan fingerprint density at radius 1 is 1.35 bits per heavy atom. The smallest absolute Gasteiger partial charge is 0.338 e. The highest BCUT2D eigenvalue weighted by Crippen LogP contribution is 2.14. The molecular formula is C13H15ClO3. The average Bonchev–Trinajstić information content (AvgIpc) is 2.36. The molecule has 0 saturated heterocycles. The fourth-order valence-electron chi connectivity index (χ4n) is 1.13. The van der Waals surface area contributed by atoms with Crippen LogP contribution in [-0.2, 0) is 4.74 Å². The van der Waals surface area contributed by atoms with Crippen LogP contribution in [0.15, 0.2) is 35.4 Å². The molecule has 4 heteroatoms. The molecule has 1 rings (SSSR count). The summed E-state index contributed by atoms with van der Waals surface area (Å²) in [5.74, 6) is 0.367. The maximum Gasteiger partial charge on any atom is 0.338 e. The lowest BCUT2D eigenvalue weighted by Crippen LogP contribution is -2.04. The van der Waals surface area contributed by atoms with E-state index in [0.29, 0.717) is 24.5 Å². The Hall–Kier alpha value is -1.48. The summed E-state index contributed by atoms with van der Waals surface area (Å²) in [7, 11) is 0. The highest BCUT2D eigenvalue weighted by Gasteiger charge is 2.05. The molecule has 0 heterocycles. The molecule has 0 spiro atoms. The van der Waals surface area contributed by atoms with Crippen LogP contribution in [0.5, 0.6) is 5.75 Å². The highest BCUT2D eigenvalue weighted by atomic mass is 35.5. The van der Waals surface area contributed by atoms with Crippen molar-refractivity contribution in [3.63, 3.8) is 0 Å². The molecule has 92 valence electrons. The van der Waals surface area contributed by atoms with Crippen molar-refractivity contribution < 1.29 is 14.3 Å². The fourth-order valence-corrected chi connectivity index (χ4v) is 1.19. The van der Waals surface area contributed by atoms with E-state index < -0.39 is 0 Å². The van der Waals surface area contributed by atoms with Gasteiger partial charge in [0.05, 0.1) is 12.2 Å². The predicted octanol–water partition coefficient (Wildman–Crippen LogP) is 3.38. The van der Waals surface area contributed by atoms with E-state index in [1.54, 1.807) is 31.2 Å². The van der Waals surface area contributed by atoms with E-state index in [1.807, 2.05) is 6.92 Å². The molecule has 0 radical (unpaired) electrons. The van der Waals surface area contributed by atoms with Gasteiger partial charge >= 0.3 is 5.97 Å². The second kappa shape index (κ2) is 6.97. The van der Waals surface area contributed by atoms with Crippen LogP contribution in [0.25, 0.3) is 0 Å². The molecule has 0 bridgehead atoms. The van der Waals surface area contributed by atoms with Crippen molar-refractivity contribution in [3.05, 3.63) is 40.9 Å². The molecule has 1 aromatic rings. The molecule has 0 amide bonds. The standard InChI is InChI=1S/C13H15ClO3/c1-3-16-13(15)11-4-6-12(7-5-11)17-9-10(2)8-14/h4-8H,3,9H2,1-2H3/b10-8+. The second-order valence-corrected chi connectivity index (χ2v) is 3.71. The molecule has 0 atom stereocenters. The summed E-state index contributed by atoms with van der Waals surface area (Å²) in [4.78, 5) is 11.4. The van der Waals surface area contributed by atoms with Crippen molar-refractivity contribution in [2.75, 3.05) is 13.2 Å². The Morgan fingerprint density at radius 3 is 2.53 bits per heavy atom. The van der Waals surface area contributed by atoms with Gasteiger partial charge in [-0.25, -0.2) is 4.79 Å². The van der Waals surface area contributed by atoms with Gasteiger partial charge in [-0.15, -0.1) is 0 Å². The molecule has 0 aliphatic carbocycles. The predicted molar refractivity (Wildman–Crippen MR) is 67.5 cm³/mol. The minimum Gasteiger partial charge on any atom is -0.489 e. The number of hydrogen-bond acceptors (Lipinski definition) is 3. The van der Waals surface area contributed by atoms with Crippen molar-refractivity contribution in [3.8, 4) is 5.75 Å². The Labute approximate surface area is 106 Å². The number of carbonyl (C=O) groups is 1. The lowest BCUT2D eigenvalue weighted by molar-refractivity contribution is 0.0526. The van der Waals surface area contributed by atoms with E-state index in [0.717, 1.165) is 5.57 Å². The van der Waals surface area contributed by atoms with Crippen molar-refractivity contribution >= 4 is 17.6 Å². The molecule has 0 aromatic heterocycles. The molecule has 0 aliphatic heterocycles. The summed E-state index contributed by atoms with van der Waals surface area (Å²) in [6, 6.07) is 6.81. The van der Waals surface area contributed by atoms with Gasteiger partial charge in [0, 0.05) is 5.54 Å². The van der Waals surface area contributed by atoms with Crippen LogP contribution < -0.4 is 4.74 Å². The third-order valence-electron chi connectivity index (χ3n) is 2.02. The monoisotopic (exact) mass is 254 g/mol. The van der Waals surface area contributed by atoms with Gasteiger partial charge < -0.3 is 9.47 Å². The van der Waals surface area contributed by atoms with E-state index in [-0.39, 0.29) is 5.97 Å². The lowest BCUT2D eigenvalue weighted by Gasteiger charge is -2.06. The van der Waals surface area contributed by atoms with Crippen molar-refractivity contribution in [1.82, 2.24) is 0 Å². The first-order valence-corrected chi connectivity index (χ1v) is 5.77. The maximum atomic E-state index is 11.4. The third kappa shape index (κ3) is 4.49. The quantitative estimate of drug-likeness (QED) is 0.756. The van der Waals surface area contributed by atoms with Gasteiger partial charge in [-0.05, 0) is 43.7 Å². The Kier molecular flexibility index (Phi) is 5.57. The molecular weight excluding hydrogens is 240 g/mol. The summed E-state index contributed by atoms with van der Waals surface area (Å²) in [5.41, 5.74) is 2.93. The van der Waals surface area contributed by atoms with Gasteiger partial charge in [0.2, 0.25) is 0 Å². The van der Waals surface area contributed by atoms with Crippen molar-refractivity contribution in [1.29, 1.82) is 0 Å². The normalized spacial score (nSPS) is 11.1. The second-order valence-electron chi connectivity index (χ2n) is 3.49. The van der Waals surface area contributed by atoms with Gasteiger partial charge in [-0.1, -0.05) is 11.6 Å². The zero-order valence-corrected chi connectivity index (χ0v) is 10.7. The number of hydrogen-bond donors (Lipinski definition) is 0. The number of carbonyl (C=O) groups excluding carboxylic acids is 1. The minimum absolute atomic E-state index is 0.323. The fraction of sp³-hybridized carbons (Fsp3) is 0.308. The number of ether oxygens (including phenoxy) is 2. The highest BCUT2D eigenvalue weighted by molar-refractivity contribution is 6.25. The number of esters is 1. The zero-order valence-electron chi connectivity index (χ0n) is 9.90. The van der Waals surface area contributed by atoms with Crippen LogP contribution in [0.3, 0.4) is 0 Å². The summed E-state index contributed by atoms with van der Waals surface area (Å²) in [6.07, 6.45) is 0. The molecule has 1 aromatic carbocycles. The Balaban J connectivity index is 2.59. The van der Waals surface area contributed by atoms with E-state index in [9.17, 15) is 4.79 Å². The summed E-state index contributed by atoms with van der Waals surface area (Å²) in [6.45, 7) is 4.45. The number of benzene rings is 1. The van der Waals surface area contributed by atoms with Crippen LogP contribution in [0, 0.1) is 0 Å². The average molecular weight is 255 g/mol. The third-order valence-corrected chi connectivity index (χ3v) is 2.39. The van der Waals surface area contributed by atoms with E-state index >= 15 is 0 Å². The molecule has 0 unspecified atom stereocenters. The maximum absolute atomic E-state index is 11.4. The summed E-state index contributed by atoms with van der Waals surface area (Å²) < 4.78 is 10.3. The lowest BCUT2D eigenvalue weighted by atomic mass is 10.2. The van der Waals surface area contributed by atoms with Crippen LogP contribution >= 0.6 is 11.6 Å². The molecule has 0 N–H and O–H groups in total. The molecule has 0 aliphatic rings. The molecule has 17 heavy (non-hydrogen) atoms. The van der Waals surface area contributed by atoms with Crippen LogP contribution in [0.1, 0.15) is 24.2 Å². The van der Waals surface area contributed by atoms with Crippen molar-refractivity contribution in [2.45, 2.75) is 13.8 Å². The van der Waals surface area contributed by atoms with E-state index in [1.165, 1.54) is 5.54 Å². The van der Waals surface area contributed by atoms with Gasteiger partial charge in [0.1, 0.15) is 12.4 Å². The largest absolute Gasteiger partial charge is 0.489 e. The van der Waals surface area contributed by atoms with Crippen LogP contribution in [0.4, 0.5) is 0 Å². The zero-order chi connectivity index (χ0) is 12.7. The Bertz CT molecular complexity index is 396. The summed E-state index contributed by atoms with van der Waals surface area (Å²) >= 11 is 5.52. The van der Waals surface area contributed by atoms with Crippen molar-refractivity contribution in [2.24, 2.45) is 0 Å². The number of rotatable bonds is 5. The molecule has 3 nitrogen and oxygen atoms in total. The van der Waals surface area contributed by atoms with E-state index in [4.69, 9.17) is 21.1 Å². The van der Waals surface area contributed by atoms with Gasteiger partial charge in [0.15, 0.2) is 0 Å². The first-order valence-electron chi connectivity index (χ1n) is 5.33. The van der Waals surface area contributed by atoms with Crippen LogP contribution in [-0.4, -0.2) is 19.2 Å². The first kappa shape index (κ1) is 13.6. The number of halogens is 1. The Morgan fingerprint density at radius 2 is 2.00 bits per heavy atom. The van der Waals surface area contributed by atoms with E-state index in [2.05, 4.69) is 0 Å². The van der Waals surface area contributed by atoms with Crippen LogP contribution in [0.2, 0.25) is 0 Å². The van der Waals surface area contributed by atoms with Gasteiger partial charge in [0.25, 0.3) is 0 Å². The topological polar surface area (TPSA) is 35.5 Å². The SMILES string of the molecule is CCOC(=O)c1ccc(OC/C(C)=C/Cl)cc1. The van der Waals surface area contributed by atoms with Gasteiger partial charge in [-0.3, -0.25) is 0 Å². The first-order chi connectivity index (χ1) is 8.17.